The summed E-state index contributed by atoms with van der Waals surface area (Å²) in [6.07, 6.45) is 6.37. The van der Waals surface area contributed by atoms with Gasteiger partial charge in [-0.2, -0.15) is 0 Å². The molecule has 0 saturated carbocycles. The minimum atomic E-state index is -3.17. The Bertz CT molecular complexity index is 703. The molecule has 0 aliphatic carbocycles. The molecule has 2 saturated heterocycles. The van der Waals surface area contributed by atoms with Crippen LogP contribution in [0, 0.1) is 11.8 Å². The highest BCUT2D eigenvalue weighted by atomic mass is 32.2. The van der Waals surface area contributed by atoms with Crippen LogP contribution in [0.15, 0.2) is 22.8 Å². The summed E-state index contributed by atoms with van der Waals surface area (Å²) < 4.78 is 30.3. The summed E-state index contributed by atoms with van der Waals surface area (Å²) in [5, 5.41) is 3.09. The van der Waals surface area contributed by atoms with E-state index >= 15 is 0 Å². The van der Waals surface area contributed by atoms with Crippen LogP contribution in [-0.2, 0) is 14.8 Å². The third kappa shape index (κ3) is 5.33. The molecule has 0 bridgehead atoms. The molecule has 2 aliphatic rings. The van der Waals surface area contributed by atoms with Crippen LogP contribution in [0.25, 0.3) is 0 Å². The first-order chi connectivity index (χ1) is 12.8. The zero-order valence-electron chi connectivity index (χ0n) is 16.3. The van der Waals surface area contributed by atoms with Crippen LogP contribution in [-0.4, -0.2) is 62.5 Å². The van der Waals surface area contributed by atoms with Gasteiger partial charge in [0.25, 0.3) is 0 Å². The SMILES string of the molecule is CC1CCN(C(CNC(=O)C2CCN(S(C)(=O)=O)CC2)c2ccco2)CC1. The van der Waals surface area contributed by atoms with Crippen molar-refractivity contribution in [3.63, 3.8) is 0 Å². The molecule has 0 aromatic carbocycles. The van der Waals surface area contributed by atoms with Gasteiger partial charge in [-0.3, -0.25) is 9.69 Å². The van der Waals surface area contributed by atoms with Gasteiger partial charge in [-0.05, 0) is 56.8 Å². The van der Waals surface area contributed by atoms with Crippen LogP contribution in [0.2, 0.25) is 0 Å². The number of hydrogen-bond donors (Lipinski definition) is 1. The van der Waals surface area contributed by atoms with Crippen LogP contribution in [0.5, 0.6) is 0 Å². The van der Waals surface area contributed by atoms with Gasteiger partial charge >= 0.3 is 0 Å². The third-order valence-electron chi connectivity index (χ3n) is 5.89. The van der Waals surface area contributed by atoms with E-state index in [2.05, 4.69) is 17.1 Å². The minimum absolute atomic E-state index is 0.0186. The minimum Gasteiger partial charge on any atom is -0.468 e. The lowest BCUT2D eigenvalue weighted by molar-refractivity contribution is -0.126. The molecule has 1 aromatic rings. The van der Waals surface area contributed by atoms with E-state index in [-0.39, 0.29) is 17.9 Å². The van der Waals surface area contributed by atoms with E-state index in [9.17, 15) is 13.2 Å². The highest BCUT2D eigenvalue weighted by molar-refractivity contribution is 7.88. The predicted octanol–water partition coefficient (Wildman–Crippen LogP) is 1.84. The van der Waals surface area contributed by atoms with E-state index in [4.69, 9.17) is 4.42 Å². The Kier molecular flexibility index (Phi) is 6.60. The number of nitrogens with one attached hydrogen (secondary N) is 1. The summed E-state index contributed by atoms with van der Waals surface area (Å²) >= 11 is 0. The molecule has 2 fully saturated rings. The Morgan fingerprint density at radius 1 is 1.22 bits per heavy atom. The Balaban J connectivity index is 1.55. The molecule has 27 heavy (non-hydrogen) atoms. The molecule has 0 radical (unpaired) electrons. The smallest absolute Gasteiger partial charge is 0.223 e. The molecule has 3 heterocycles. The second kappa shape index (κ2) is 8.75. The third-order valence-corrected chi connectivity index (χ3v) is 7.20. The Morgan fingerprint density at radius 3 is 2.44 bits per heavy atom. The van der Waals surface area contributed by atoms with Gasteiger partial charge in [0.05, 0.1) is 18.6 Å². The molecule has 7 nitrogen and oxygen atoms in total. The Labute approximate surface area is 162 Å². The van der Waals surface area contributed by atoms with Crippen molar-refractivity contribution in [2.75, 3.05) is 39.0 Å². The number of hydrogen-bond acceptors (Lipinski definition) is 5. The largest absolute Gasteiger partial charge is 0.468 e. The highest BCUT2D eigenvalue weighted by Gasteiger charge is 2.31. The standard InChI is InChI=1S/C19H31N3O4S/c1-15-5-9-21(10-6-15)17(18-4-3-13-26-18)14-20-19(23)16-7-11-22(12-8-16)27(2,24)25/h3-4,13,15-17H,5-12,14H2,1-2H3,(H,20,23). The van der Waals surface area contributed by atoms with Gasteiger partial charge < -0.3 is 9.73 Å². The monoisotopic (exact) mass is 397 g/mol. The zero-order valence-corrected chi connectivity index (χ0v) is 17.1. The van der Waals surface area contributed by atoms with E-state index in [0.29, 0.717) is 32.5 Å². The Hall–Kier alpha value is -1.38. The van der Waals surface area contributed by atoms with Crippen LogP contribution < -0.4 is 5.32 Å². The van der Waals surface area contributed by atoms with E-state index in [1.807, 2.05) is 12.1 Å². The van der Waals surface area contributed by atoms with Crippen molar-refractivity contribution in [2.24, 2.45) is 11.8 Å². The average Bonchev–Trinajstić information content (AvgIpc) is 3.17. The maximum atomic E-state index is 12.6. The van der Waals surface area contributed by atoms with E-state index < -0.39 is 10.0 Å². The number of nitrogens with zero attached hydrogens (tertiary/aromatic N) is 2. The molecule has 1 amide bonds. The molecule has 1 unspecified atom stereocenters. The van der Waals surface area contributed by atoms with Gasteiger partial charge in [0.15, 0.2) is 0 Å². The average molecular weight is 398 g/mol. The van der Waals surface area contributed by atoms with Gasteiger partial charge in [-0.1, -0.05) is 6.92 Å². The molecule has 1 N–H and O–H groups in total. The first kappa shape index (κ1) is 20.4. The van der Waals surface area contributed by atoms with Gasteiger partial charge in [-0.15, -0.1) is 0 Å². The maximum Gasteiger partial charge on any atom is 0.223 e. The number of likely N-dealkylation sites (tertiary alicyclic amines) is 1. The van der Waals surface area contributed by atoms with Crippen molar-refractivity contribution in [3.8, 4) is 0 Å². The molecule has 1 aromatic heterocycles. The lowest BCUT2D eigenvalue weighted by atomic mass is 9.96. The van der Waals surface area contributed by atoms with Gasteiger partial charge in [-0.25, -0.2) is 12.7 Å². The fourth-order valence-electron chi connectivity index (χ4n) is 4.02. The summed E-state index contributed by atoms with van der Waals surface area (Å²) in [5.41, 5.74) is 0. The zero-order chi connectivity index (χ0) is 19.4. The van der Waals surface area contributed by atoms with Crippen LogP contribution in [0.1, 0.15) is 44.4 Å². The maximum absolute atomic E-state index is 12.6. The van der Waals surface area contributed by atoms with Gasteiger partial charge in [0.1, 0.15) is 5.76 Å². The molecular formula is C19H31N3O4S. The number of furan rings is 1. The van der Waals surface area contributed by atoms with Crippen molar-refractivity contribution < 1.29 is 17.6 Å². The summed E-state index contributed by atoms with van der Waals surface area (Å²) in [4.78, 5) is 15.0. The lowest BCUT2D eigenvalue weighted by Crippen LogP contribution is -2.45. The van der Waals surface area contributed by atoms with Gasteiger partial charge in [0.2, 0.25) is 15.9 Å². The summed E-state index contributed by atoms with van der Waals surface area (Å²) in [7, 11) is -3.17. The molecule has 0 spiro atoms. The summed E-state index contributed by atoms with van der Waals surface area (Å²) in [6.45, 7) is 5.66. The molecule has 8 heteroatoms. The number of piperidine rings is 2. The first-order valence-corrected chi connectivity index (χ1v) is 11.7. The fourth-order valence-corrected chi connectivity index (χ4v) is 4.90. The van der Waals surface area contributed by atoms with Crippen molar-refractivity contribution in [2.45, 2.75) is 38.6 Å². The lowest BCUT2D eigenvalue weighted by Gasteiger charge is -2.36. The molecule has 2 aliphatic heterocycles. The normalized spacial score (nSPS) is 22.6. The fraction of sp³-hybridized carbons (Fsp3) is 0.737. The second-order valence-electron chi connectivity index (χ2n) is 7.93. The topological polar surface area (TPSA) is 82.9 Å². The van der Waals surface area contributed by atoms with Gasteiger partial charge in [0, 0.05) is 25.6 Å². The van der Waals surface area contributed by atoms with E-state index in [1.54, 1.807) is 6.26 Å². The number of carbonyl (C=O) groups excluding carboxylic acids is 1. The number of amides is 1. The molecular weight excluding hydrogens is 366 g/mol. The number of rotatable bonds is 6. The van der Waals surface area contributed by atoms with Crippen molar-refractivity contribution in [3.05, 3.63) is 24.2 Å². The Morgan fingerprint density at radius 2 is 1.89 bits per heavy atom. The predicted molar refractivity (Wildman–Crippen MR) is 104 cm³/mol. The van der Waals surface area contributed by atoms with E-state index in [1.165, 1.54) is 10.6 Å². The number of carbonyl (C=O) groups is 1. The van der Waals surface area contributed by atoms with Crippen LogP contribution in [0.4, 0.5) is 0 Å². The second-order valence-corrected chi connectivity index (χ2v) is 9.91. The van der Waals surface area contributed by atoms with Crippen LogP contribution in [0.3, 0.4) is 0 Å². The molecule has 152 valence electrons. The first-order valence-electron chi connectivity index (χ1n) is 9.85. The summed E-state index contributed by atoms with van der Waals surface area (Å²) in [5.74, 6) is 1.52. The van der Waals surface area contributed by atoms with Crippen LogP contribution >= 0.6 is 0 Å². The van der Waals surface area contributed by atoms with Crippen molar-refractivity contribution >= 4 is 15.9 Å². The van der Waals surface area contributed by atoms with Crippen molar-refractivity contribution in [1.29, 1.82) is 0 Å². The molecule has 3 rings (SSSR count). The highest BCUT2D eigenvalue weighted by Crippen LogP contribution is 2.27. The van der Waals surface area contributed by atoms with Crippen molar-refractivity contribution in [1.82, 2.24) is 14.5 Å². The number of sulfonamides is 1. The quantitative estimate of drug-likeness (QED) is 0.792. The molecule has 1 atom stereocenters. The van der Waals surface area contributed by atoms with E-state index in [0.717, 1.165) is 37.6 Å². The summed E-state index contributed by atoms with van der Waals surface area (Å²) in [6, 6.07) is 3.91.